The predicted octanol–water partition coefficient (Wildman–Crippen LogP) is -0.146. The number of rotatable bonds is 6. The average Bonchev–Trinajstić information content (AvgIpc) is 2.85. The molecule has 0 spiro atoms. The maximum Gasteiger partial charge on any atom is 0.488 e. The Hall–Kier alpha value is -1.08. The van der Waals surface area contributed by atoms with Gasteiger partial charge in [-0.15, -0.1) is 0 Å². The van der Waals surface area contributed by atoms with Crippen molar-refractivity contribution < 1.29 is 19.5 Å². The number of hydrogen-bond acceptors (Lipinski definition) is 5. The van der Waals surface area contributed by atoms with E-state index in [1.165, 1.54) is 0 Å². The van der Waals surface area contributed by atoms with Crippen molar-refractivity contribution in [2.45, 2.75) is 25.5 Å². The fraction of sp³-hybridized carbons (Fsp3) is 0.571. The Balaban J connectivity index is 1.75. The Bertz CT molecular complexity index is 412. The van der Waals surface area contributed by atoms with Gasteiger partial charge >= 0.3 is 7.12 Å². The summed E-state index contributed by atoms with van der Waals surface area (Å²) in [7, 11) is 0.656. The second-order valence-corrected chi connectivity index (χ2v) is 5.20. The zero-order valence-electron chi connectivity index (χ0n) is 12.0. The minimum absolute atomic E-state index is 0.283. The largest absolute Gasteiger partial charge is 0.492 e. The molecule has 0 radical (unpaired) electrons. The Morgan fingerprint density at radius 1 is 1.35 bits per heavy atom. The number of likely N-dealkylation sites (N-methyl/N-ethyl adjacent to an activating group) is 1. The zero-order valence-corrected chi connectivity index (χ0v) is 12.0. The van der Waals surface area contributed by atoms with Crippen molar-refractivity contribution in [1.82, 2.24) is 4.90 Å². The van der Waals surface area contributed by atoms with Crippen molar-refractivity contribution in [1.29, 1.82) is 0 Å². The van der Waals surface area contributed by atoms with Gasteiger partial charge in [0, 0.05) is 19.2 Å². The Kier molecular flexibility index (Phi) is 5.42. The monoisotopic (exact) mass is 279 g/mol. The SMILES string of the molecule is CC1OCCC1N(C)CCOc1ccc(B(O)O)cc1. The molecule has 0 amide bonds. The average molecular weight is 279 g/mol. The third-order valence-electron chi connectivity index (χ3n) is 3.79. The van der Waals surface area contributed by atoms with E-state index in [2.05, 4.69) is 18.9 Å². The Morgan fingerprint density at radius 2 is 2.05 bits per heavy atom. The van der Waals surface area contributed by atoms with E-state index in [0.717, 1.165) is 25.3 Å². The van der Waals surface area contributed by atoms with Gasteiger partial charge in [-0.05, 0) is 38.0 Å². The van der Waals surface area contributed by atoms with Crippen LogP contribution in [0.3, 0.4) is 0 Å². The van der Waals surface area contributed by atoms with Crippen molar-refractivity contribution in [3.63, 3.8) is 0 Å². The maximum absolute atomic E-state index is 9.01. The molecule has 20 heavy (non-hydrogen) atoms. The lowest BCUT2D eigenvalue weighted by Crippen LogP contribution is -2.39. The van der Waals surface area contributed by atoms with Gasteiger partial charge in [0.1, 0.15) is 12.4 Å². The van der Waals surface area contributed by atoms with Crippen molar-refractivity contribution in [3.8, 4) is 5.75 Å². The molecule has 1 fully saturated rings. The molecule has 2 N–H and O–H groups in total. The Labute approximate surface area is 120 Å². The van der Waals surface area contributed by atoms with Gasteiger partial charge in [-0.2, -0.15) is 0 Å². The van der Waals surface area contributed by atoms with Crippen LogP contribution in [0.15, 0.2) is 24.3 Å². The molecule has 2 atom stereocenters. The smallest absolute Gasteiger partial charge is 0.488 e. The number of ether oxygens (including phenoxy) is 2. The predicted molar refractivity (Wildman–Crippen MR) is 78.2 cm³/mol. The van der Waals surface area contributed by atoms with E-state index >= 15 is 0 Å². The van der Waals surface area contributed by atoms with Crippen LogP contribution in [0.2, 0.25) is 0 Å². The molecular weight excluding hydrogens is 257 g/mol. The second-order valence-electron chi connectivity index (χ2n) is 5.20. The molecule has 2 unspecified atom stereocenters. The van der Waals surface area contributed by atoms with Gasteiger partial charge < -0.3 is 19.5 Å². The molecular formula is C14H22BNO4. The van der Waals surface area contributed by atoms with E-state index < -0.39 is 7.12 Å². The maximum atomic E-state index is 9.01. The van der Waals surface area contributed by atoms with Crippen LogP contribution >= 0.6 is 0 Å². The van der Waals surface area contributed by atoms with Gasteiger partial charge in [0.15, 0.2) is 0 Å². The van der Waals surface area contributed by atoms with Crippen molar-refractivity contribution >= 4 is 12.6 Å². The third kappa shape index (κ3) is 3.96. The standard InChI is InChI=1S/C14H22BNO4/c1-11-14(7-9-19-11)16(2)8-10-20-13-5-3-12(4-6-13)15(17)18/h3-6,11,14,17-18H,7-10H2,1-2H3. The highest BCUT2D eigenvalue weighted by molar-refractivity contribution is 6.58. The molecule has 0 aliphatic carbocycles. The molecule has 1 aliphatic rings. The third-order valence-corrected chi connectivity index (χ3v) is 3.79. The van der Waals surface area contributed by atoms with Crippen LogP contribution in [0.25, 0.3) is 0 Å². The number of benzene rings is 1. The quantitative estimate of drug-likeness (QED) is 0.709. The van der Waals surface area contributed by atoms with Crippen molar-refractivity contribution in [2.75, 3.05) is 26.8 Å². The highest BCUT2D eigenvalue weighted by Crippen LogP contribution is 2.18. The lowest BCUT2D eigenvalue weighted by molar-refractivity contribution is 0.0787. The molecule has 0 bridgehead atoms. The van der Waals surface area contributed by atoms with Gasteiger partial charge in [0.05, 0.1) is 6.10 Å². The zero-order chi connectivity index (χ0) is 14.5. The second kappa shape index (κ2) is 7.08. The molecule has 0 aromatic heterocycles. The van der Waals surface area contributed by atoms with Gasteiger partial charge in [0.2, 0.25) is 0 Å². The van der Waals surface area contributed by atoms with E-state index in [1.54, 1.807) is 24.3 Å². The van der Waals surface area contributed by atoms with Crippen LogP contribution in [0.4, 0.5) is 0 Å². The van der Waals surface area contributed by atoms with Crippen LogP contribution in [0.5, 0.6) is 5.75 Å². The van der Waals surface area contributed by atoms with E-state index in [1.807, 2.05) is 0 Å². The molecule has 1 aromatic rings. The van der Waals surface area contributed by atoms with Crippen LogP contribution < -0.4 is 10.2 Å². The lowest BCUT2D eigenvalue weighted by Gasteiger charge is -2.26. The molecule has 2 rings (SSSR count). The van der Waals surface area contributed by atoms with Gasteiger partial charge in [-0.1, -0.05) is 12.1 Å². The minimum Gasteiger partial charge on any atom is -0.492 e. The van der Waals surface area contributed by atoms with E-state index in [9.17, 15) is 0 Å². The summed E-state index contributed by atoms with van der Waals surface area (Å²) < 4.78 is 11.2. The van der Waals surface area contributed by atoms with Crippen molar-refractivity contribution in [2.24, 2.45) is 0 Å². The molecule has 0 saturated carbocycles. The molecule has 1 aliphatic heterocycles. The highest BCUT2D eigenvalue weighted by Gasteiger charge is 2.27. The van der Waals surface area contributed by atoms with Crippen LogP contribution in [0.1, 0.15) is 13.3 Å². The number of nitrogens with zero attached hydrogens (tertiary/aromatic N) is 1. The first-order valence-electron chi connectivity index (χ1n) is 6.98. The lowest BCUT2D eigenvalue weighted by atomic mass is 9.80. The summed E-state index contributed by atoms with van der Waals surface area (Å²) in [5.41, 5.74) is 0.464. The highest BCUT2D eigenvalue weighted by atomic mass is 16.5. The molecule has 1 aromatic carbocycles. The summed E-state index contributed by atoms with van der Waals surface area (Å²) in [5.74, 6) is 0.735. The van der Waals surface area contributed by atoms with Crippen LogP contribution in [-0.4, -0.2) is 61.0 Å². The van der Waals surface area contributed by atoms with E-state index in [4.69, 9.17) is 19.5 Å². The summed E-state index contributed by atoms with van der Waals surface area (Å²) >= 11 is 0. The van der Waals surface area contributed by atoms with Crippen LogP contribution in [0, 0.1) is 0 Å². The van der Waals surface area contributed by atoms with Crippen molar-refractivity contribution in [3.05, 3.63) is 24.3 Å². The summed E-state index contributed by atoms with van der Waals surface area (Å²) in [4.78, 5) is 2.27. The molecule has 6 heteroatoms. The molecule has 110 valence electrons. The summed E-state index contributed by atoms with van der Waals surface area (Å²) in [6.07, 6.45) is 1.35. The van der Waals surface area contributed by atoms with E-state index in [0.29, 0.717) is 18.1 Å². The fourth-order valence-corrected chi connectivity index (χ4v) is 2.51. The molecule has 1 saturated heterocycles. The number of hydrogen-bond donors (Lipinski definition) is 2. The first-order chi connectivity index (χ1) is 9.58. The van der Waals surface area contributed by atoms with E-state index in [-0.39, 0.29) is 6.10 Å². The van der Waals surface area contributed by atoms with Crippen LogP contribution in [-0.2, 0) is 4.74 Å². The Morgan fingerprint density at radius 3 is 2.60 bits per heavy atom. The van der Waals surface area contributed by atoms with Gasteiger partial charge in [-0.25, -0.2) is 0 Å². The van der Waals surface area contributed by atoms with Gasteiger partial charge in [-0.3, -0.25) is 4.90 Å². The minimum atomic E-state index is -1.43. The molecule has 1 heterocycles. The topological polar surface area (TPSA) is 62.2 Å². The fourth-order valence-electron chi connectivity index (χ4n) is 2.51. The molecule has 5 nitrogen and oxygen atoms in total. The normalized spacial score (nSPS) is 22.2. The summed E-state index contributed by atoms with van der Waals surface area (Å²) in [6, 6.07) is 7.25. The van der Waals surface area contributed by atoms with Gasteiger partial charge in [0.25, 0.3) is 0 Å². The summed E-state index contributed by atoms with van der Waals surface area (Å²) in [5, 5.41) is 18.0. The first kappa shape index (κ1) is 15.3. The summed E-state index contributed by atoms with van der Waals surface area (Å²) in [6.45, 7) is 4.37. The first-order valence-corrected chi connectivity index (χ1v) is 6.98.